The summed E-state index contributed by atoms with van der Waals surface area (Å²) in [6, 6.07) is 5.79. The first-order chi connectivity index (χ1) is 10.9. The van der Waals surface area contributed by atoms with Crippen molar-refractivity contribution in [2.75, 3.05) is 0 Å². The number of rotatable bonds is 4. The second kappa shape index (κ2) is 6.30. The minimum absolute atomic E-state index is 0.0438. The Morgan fingerprint density at radius 2 is 1.62 bits per heavy atom. The van der Waals surface area contributed by atoms with Crippen LogP contribution in [0.4, 0.5) is 4.39 Å². The van der Waals surface area contributed by atoms with E-state index in [-0.39, 0.29) is 34.8 Å². The first-order valence-electron chi connectivity index (χ1n) is 8.51. The smallest absolute Gasteiger partial charge is 0.224 e. The normalized spacial score (nSPS) is 22.0. The van der Waals surface area contributed by atoms with Crippen LogP contribution in [-0.2, 0) is 9.59 Å². The maximum absolute atomic E-state index is 13.0. The minimum Gasteiger partial charge on any atom is -0.345 e. The molecule has 1 fully saturated rings. The van der Waals surface area contributed by atoms with E-state index in [0.29, 0.717) is 0 Å². The van der Waals surface area contributed by atoms with Crippen LogP contribution in [0.15, 0.2) is 24.3 Å². The van der Waals surface area contributed by atoms with Gasteiger partial charge < -0.3 is 5.32 Å². The van der Waals surface area contributed by atoms with Crippen LogP contribution in [0.25, 0.3) is 0 Å². The lowest BCUT2D eigenvalue weighted by molar-refractivity contribution is -0.135. The molecule has 1 saturated carbocycles. The third-order valence-corrected chi connectivity index (χ3v) is 4.58. The van der Waals surface area contributed by atoms with E-state index in [0.717, 1.165) is 12.0 Å². The molecule has 0 spiro atoms. The van der Waals surface area contributed by atoms with Gasteiger partial charge in [0.25, 0.3) is 0 Å². The number of carbonyl (C=O) groups is 2. The Hall–Kier alpha value is -1.71. The van der Waals surface area contributed by atoms with Crippen molar-refractivity contribution in [3.05, 3.63) is 35.6 Å². The molecule has 0 radical (unpaired) electrons. The number of hydrogen-bond acceptors (Lipinski definition) is 2. The monoisotopic (exact) mass is 333 g/mol. The molecule has 3 nitrogen and oxygen atoms in total. The van der Waals surface area contributed by atoms with Gasteiger partial charge in [-0.3, -0.25) is 9.59 Å². The Morgan fingerprint density at radius 3 is 2.08 bits per heavy atom. The molecule has 0 bridgehead atoms. The molecule has 3 atom stereocenters. The second-order valence-corrected chi connectivity index (χ2v) is 8.92. The highest BCUT2D eigenvalue weighted by Gasteiger charge is 2.46. The molecule has 0 heterocycles. The van der Waals surface area contributed by atoms with Gasteiger partial charge in [0.15, 0.2) is 5.78 Å². The number of halogens is 1. The standard InChI is InChI=1S/C20H28FNO2/c1-19(2,3)16(17(23)20(4,5)6)22-18(24)15-11-14(15)12-7-9-13(21)10-8-12/h7-10,14-16H,11H2,1-6H3,(H,22,24)/t14?,15-,16-/m1/s1. The van der Waals surface area contributed by atoms with E-state index >= 15 is 0 Å². The van der Waals surface area contributed by atoms with Crippen molar-refractivity contribution in [3.63, 3.8) is 0 Å². The molecule has 0 saturated heterocycles. The predicted molar refractivity (Wildman–Crippen MR) is 93.1 cm³/mol. The fraction of sp³-hybridized carbons (Fsp3) is 0.600. The average Bonchev–Trinajstić information content (AvgIpc) is 3.23. The number of nitrogens with one attached hydrogen (secondary N) is 1. The quantitative estimate of drug-likeness (QED) is 0.902. The van der Waals surface area contributed by atoms with Crippen molar-refractivity contribution in [2.24, 2.45) is 16.7 Å². The summed E-state index contributed by atoms with van der Waals surface area (Å²) in [5, 5.41) is 2.97. The van der Waals surface area contributed by atoms with E-state index in [4.69, 9.17) is 0 Å². The number of Topliss-reactive ketones (excluding diaryl/α,β-unsaturated/α-hetero) is 1. The molecular weight excluding hydrogens is 305 g/mol. The van der Waals surface area contributed by atoms with E-state index < -0.39 is 11.5 Å². The fourth-order valence-electron chi connectivity index (χ4n) is 2.92. The number of ketones is 1. The van der Waals surface area contributed by atoms with Gasteiger partial charge in [0, 0.05) is 11.3 Å². The van der Waals surface area contributed by atoms with Gasteiger partial charge in [-0.25, -0.2) is 4.39 Å². The number of hydrogen-bond donors (Lipinski definition) is 1. The summed E-state index contributed by atoms with van der Waals surface area (Å²) in [7, 11) is 0. The van der Waals surface area contributed by atoms with E-state index in [2.05, 4.69) is 5.32 Å². The molecule has 4 heteroatoms. The van der Waals surface area contributed by atoms with Gasteiger partial charge in [-0.15, -0.1) is 0 Å². The summed E-state index contributed by atoms with van der Waals surface area (Å²) < 4.78 is 13.0. The van der Waals surface area contributed by atoms with Crippen LogP contribution in [-0.4, -0.2) is 17.7 Å². The Morgan fingerprint density at radius 1 is 1.08 bits per heavy atom. The zero-order chi connectivity index (χ0) is 18.3. The molecule has 1 aromatic carbocycles. The molecule has 1 aliphatic rings. The number of amides is 1. The average molecular weight is 333 g/mol. The third-order valence-electron chi connectivity index (χ3n) is 4.58. The lowest BCUT2D eigenvalue weighted by Crippen LogP contribution is -2.53. The molecule has 1 N–H and O–H groups in total. The van der Waals surface area contributed by atoms with Gasteiger partial charge in [-0.2, -0.15) is 0 Å². The van der Waals surface area contributed by atoms with Crippen LogP contribution in [0, 0.1) is 22.6 Å². The maximum Gasteiger partial charge on any atom is 0.224 e. The highest BCUT2D eigenvalue weighted by atomic mass is 19.1. The van der Waals surface area contributed by atoms with Gasteiger partial charge in [-0.05, 0) is 35.4 Å². The minimum atomic E-state index is -0.514. The van der Waals surface area contributed by atoms with Crippen LogP contribution in [0.1, 0.15) is 59.4 Å². The van der Waals surface area contributed by atoms with Crippen molar-refractivity contribution >= 4 is 11.7 Å². The predicted octanol–water partition coefficient (Wildman–Crippen LogP) is 4.08. The van der Waals surface area contributed by atoms with Gasteiger partial charge in [-0.1, -0.05) is 53.7 Å². The summed E-state index contributed by atoms with van der Waals surface area (Å²) >= 11 is 0. The molecule has 0 aromatic heterocycles. The highest BCUT2D eigenvalue weighted by Crippen LogP contribution is 2.47. The van der Waals surface area contributed by atoms with Crippen molar-refractivity contribution in [3.8, 4) is 0 Å². The lowest BCUT2D eigenvalue weighted by Gasteiger charge is -2.34. The lowest BCUT2D eigenvalue weighted by atomic mass is 9.75. The largest absolute Gasteiger partial charge is 0.345 e. The highest BCUT2D eigenvalue weighted by molar-refractivity contribution is 5.94. The zero-order valence-corrected chi connectivity index (χ0v) is 15.4. The fourth-order valence-corrected chi connectivity index (χ4v) is 2.92. The molecule has 1 aromatic rings. The summed E-state index contributed by atoms with van der Waals surface area (Å²) in [5.41, 5.74) is 0.122. The second-order valence-electron chi connectivity index (χ2n) is 8.92. The van der Waals surface area contributed by atoms with Crippen LogP contribution in [0.2, 0.25) is 0 Å². The van der Waals surface area contributed by atoms with Crippen molar-refractivity contribution in [2.45, 2.75) is 59.9 Å². The molecule has 1 amide bonds. The van der Waals surface area contributed by atoms with Crippen molar-refractivity contribution < 1.29 is 14.0 Å². The van der Waals surface area contributed by atoms with Crippen molar-refractivity contribution in [1.29, 1.82) is 0 Å². The number of carbonyl (C=O) groups excluding carboxylic acids is 2. The summed E-state index contributed by atoms with van der Waals surface area (Å²) in [4.78, 5) is 25.3. The first kappa shape index (κ1) is 18.6. The summed E-state index contributed by atoms with van der Waals surface area (Å²) in [5.74, 6) is -0.322. The summed E-state index contributed by atoms with van der Waals surface area (Å²) in [6.07, 6.45) is 0.748. The molecule has 0 aliphatic heterocycles. The molecule has 1 unspecified atom stereocenters. The van der Waals surface area contributed by atoms with Gasteiger partial charge in [0.1, 0.15) is 5.82 Å². The molecule has 2 rings (SSSR count). The van der Waals surface area contributed by atoms with Crippen LogP contribution >= 0.6 is 0 Å². The zero-order valence-electron chi connectivity index (χ0n) is 15.4. The van der Waals surface area contributed by atoms with Gasteiger partial charge in [0.05, 0.1) is 6.04 Å². The molecular formula is C20H28FNO2. The maximum atomic E-state index is 13.0. The first-order valence-corrected chi connectivity index (χ1v) is 8.51. The third kappa shape index (κ3) is 4.22. The molecule has 1 aliphatic carbocycles. The molecule has 132 valence electrons. The Labute approximate surface area is 144 Å². The van der Waals surface area contributed by atoms with Crippen LogP contribution in [0.5, 0.6) is 0 Å². The van der Waals surface area contributed by atoms with Crippen LogP contribution < -0.4 is 5.32 Å². The van der Waals surface area contributed by atoms with Crippen molar-refractivity contribution in [1.82, 2.24) is 5.32 Å². The molecule has 24 heavy (non-hydrogen) atoms. The van der Waals surface area contributed by atoms with Gasteiger partial charge >= 0.3 is 0 Å². The van der Waals surface area contributed by atoms with E-state index in [9.17, 15) is 14.0 Å². The SMILES string of the molecule is CC(C)(C)C(=O)[C@@H](NC(=O)[C@@H]1CC1c1ccc(F)cc1)C(C)(C)C. The van der Waals surface area contributed by atoms with E-state index in [1.54, 1.807) is 12.1 Å². The Kier molecular flexibility index (Phi) is 4.89. The van der Waals surface area contributed by atoms with Crippen LogP contribution in [0.3, 0.4) is 0 Å². The van der Waals surface area contributed by atoms with Gasteiger partial charge in [0.2, 0.25) is 5.91 Å². The Bertz CT molecular complexity index is 623. The van der Waals surface area contributed by atoms with E-state index in [1.165, 1.54) is 12.1 Å². The topological polar surface area (TPSA) is 46.2 Å². The Balaban J connectivity index is 2.07. The summed E-state index contributed by atoms with van der Waals surface area (Å²) in [6.45, 7) is 11.5. The van der Waals surface area contributed by atoms with E-state index in [1.807, 2.05) is 41.5 Å². The number of benzene rings is 1.